The van der Waals surface area contributed by atoms with Gasteiger partial charge in [-0.05, 0) is 18.8 Å². The summed E-state index contributed by atoms with van der Waals surface area (Å²) in [6, 6.07) is 2.98. The molecule has 1 aliphatic rings. The summed E-state index contributed by atoms with van der Waals surface area (Å²) < 4.78 is 0. The van der Waals surface area contributed by atoms with Crippen LogP contribution in [0.15, 0.2) is 0 Å². The first-order valence-corrected chi connectivity index (χ1v) is 5.39. The van der Waals surface area contributed by atoms with Gasteiger partial charge in [0.05, 0.1) is 12.1 Å². The minimum absolute atomic E-state index is 0.0445. The number of nitrogens with zero attached hydrogens (tertiary/aromatic N) is 1. The van der Waals surface area contributed by atoms with Crippen LogP contribution in [0.4, 0.5) is 0 Å². The van der Waals surface area contributed by atoms with Gasteiger partial charge in [-0.25, -0.2) is 0 Å². The van der Waals surface area contributed by atoms with Crippen LogP contribution in [0.2, 0.25) is 0 Å². The lowest BCUT2D eigenvalue weighted by Crippen LogP contribution is -2.41. The van der Waals surface area contributed by atoms with Gasteiger partial charge in [-0.1, -0.05) is 33.1 Å². The van der Waals surface area contributed by atoms with Crippen molar-refractivity contribution in [1.29, 1.82) is 5.26 Å². The molecule has 0 bridgehead atoms. The van der Waals surface area contributed by atoms with Crippen molar-refractivity contribution in [1.82, 2.24) is 5.32 Å². The molecule has 0 aromatic heterocycles. The molecule has 1 fully saturated rings. The van der Waals surface area contributed by atoms with E-state index < -0.39 is 0 Å². The molecular weight excluding hydrogens is 160 g/mol. The van der Waals surface area contributed by atoms with Gasteiger partial charge in [-0.2, -0.15) is 5.26 Å². The summed E-state index contributed by atoms with van der Waals surface area (Å²) in [4.78, 5) is 0. The summed E-state index contributed by atoms with van der Waals surface area (Å²) in [6.07, 6.45) is 6.54. The third kappa shape index (κ3) is 3.36. The maximum Gasteiger partial charge on any atom is 0.0978 e. The van der Waals surface area contributed by atoms with Crippen molar-refractivity contribution in [3.8, 4) is 6.07 Å². The second-order valence-electron chi connectivity index (χ2n) is 4.35. The SMILES string of the molecule is CC(C)C(C#N)NC1CCCCC1. The molecule has 1 rings (SSSR count). The minimum atomic E-state index is 0.0445. The lowest BCUT2D eigenvalue weighted by Gasteiger charge is -2.26. The molecule has 0 spiro atoms. The molecule has 2 heteroatoms. The van der Waals surface area contributed by atoms with Crippen molar-refractivity contribution in [3.63, 3.8) is 0 Å². The van der Waals surface area contributed by atoms with Crippen molar-refractivity contribution < 1.29 is 0 Å². The Morgan fingerprint density at radius 3 is 2.31 bits per heavy atom. The number of rotatable bonds is 3. The molecule has 0 aliphatic heterocycles. The van der Waals surface area contributed by atoms with Crippen LogP contribution in [0.25, 0.3) is 0 Å². The molecular formula is C11H20N2. The standard InChI is InChI=1S/C11H20N2/c1-9(2)11(8-12)13-10-6-4-3-5-7-10/h9-11,13H,3-7H2,1-2H3. The topological polar surface area (TPSA) is 35.8 Å². The highest BCUT2D eigenvalue weighted by molar-refractivity contribution is 4.94. The zero-order chi connectivity index (χ0) is 9.68. The Morgan fingerprint density at radius 1 is 1.23 bits per heavy atom. The predicted molar refractivity (Wildman–Crippen MR) is 54.2 cm³/mol. The maximum atomic E-state index is 8.91. The number of hydrogen-bond acceptors (Lipinski definition) is 2. The van der Waals surface area contributed by atoms with Crippen LogP contribution >= 0.6 is 0 Å². The highest BCUT2D eigenvalue weighted by atomic mass is 15.0. The number of nitriles is 1. The molecule has 0 heterocycles. The fourth-order valence-corrected chi connectivity index (χ4v) is 1.90. The molecule has 0 aromatic rings. The lowest BCUT2D eigenvalue weighted by molar-refractivity contribution is 0.329. The highest BCUT2D eigenvalue weighted by Gasteiger charge is 2.19. The molecule has 0 radical (unpaired) electrons. The molecule has 0 amide bonds. The van der Waals surface area contributed by atoms with Crippen LogP contribution in [-0.4, -0.2) is 12.1 Å². The fourth-order valence-electron chi connectivity index (χ4n) is 1.90. The average molecular weight is 180 g/mol. The molecule has 1 unspecified atom stereocenters. The van der Waals surface area contributed by atoms with Crippen molar-refractivity contribution >= 4 is 0 Å². The van der Waals surface area contributed by atoms with E-state index in [1.807, 2.05) is 0 Å². The Kier molecular flexibility index (Phi) is 4.24. The monoisotopic (exact) mass is 180 g/mol. The van der Waals surface area contributed by atoms with Crippen molar-refractivity contribution in [2.75, 3.05) is 0 Å². The second kappa shape index (κ2) is 5.24. The van der Waals surface area contributed by atoms with Gasteiger partial charge in [-0.15, -0.1) is 0 Å². The van der Waals surface area contributed by atoms with Crippen molar-refractivity contribution in [2.24, 2.45) is 5.92 Å². The summed E-state index contributed by atoms with van der Waals surface area (Å²) in [5.74, 6) is 0.423. The molecule has 1 saturated carbocycles. The molecule has 2 nitrogen and oxygen atoms in total. The second-order valence-corrected chi connectivity index (χ2v) is 4.35. The summed E-state index contributed by atoms with van der Waals surface area (Å²) in [5.41, 5.74) is 0. The maximum absolute atomic E-state index is 8.91. The molecule has 1 atom stereocenters. The van der Waals surface area contributed by atoms with Gasteiger partial charge in [0.1, 0.15) is 0 Å². The van der Waals surface area contributed by atoms with E-state index in [1.165, 1.54) is 32.1 Å². The quantitative estimate of drug-likeness (QED) is 0.724. The van der Waals surface area contributed by atoms with E-state index in [2.05, 4.69) is 25.2 Å². The Balaban J connectivity index is 2.32. The largest absolute Gasteiger partial charge is 0.299 e. The van der Waals surface area contributed by atoms with Gasteiger partial charge in [-0.3, -0.25) is 5.32 Å². The summed E-state index contributed by atoms with van der Waals surface area (Å²) >= 11 is 0. The van der Waals surface area contributed by atoms with Crippen LogP contribution in [-0.2, 0) is 0 Å². The summed E-state index contributed by atoms with van der Waals surface area (Å²) in [7, 11) is 0. The minimum Gasteiger partial charge on any atom is -0.299 e. The smallest absolute Gasteiger partial charge is 0.0978 e. The Labute approximate surface area is 81.3 Å². The first-order valence-electron chi connectivity index (χ1n) is 5.39. The molecule has 1 N–H and O–H groups in total. The lowest BCUT2D eigenvalue weighted by atomic mass is 9.93. The summed E-state index contributed by atoms with van der Waals surface area (Å²) in [5, 5.41) is 12.4. The van der Waals surface area contributed by atoms with Gasteiger partial charge in [0, 0.05) is 6.04 Å². The van der Waals surface area contributed by atoms with Crippen molar-refractivity contribution in [2.45, 2.75) is 58.0 Å². The molecule has 74 valence electrons. The average Bonchev–Trinajstić information content (AvgIpc) is 2.15. The van der Waals surface area contributed by atoms with E-state index in [1.54, 1.807) is 0 Å². The van der Waals surface area contributed by atoms with Gasteiger partial charge in [0.15, 0.2) is 0 Å². The van der Waals surface area contributed by atoms with Gasteiger partial charge in [0.25, 0.3) is 0 Å². The normalized spacial score (nSPS) is 21.4. The van der Waals surface area contributed by atoms with E-state index in [4.69, 9.17) is 5.26 Å². The zero-order valence-corrected chi connectivity index (χ0v) is 8.71. The molecule has 0 saturated heterocycles. The van der Waals surface area contributed by atoms with Gasteiger partial charge in [0.2, 0.25) is 0 Å². The first kappa shape index (κ1) is 10.5. The number of nitrogens with one attached hydrogen (secondary N) is 1. The van der Waals surface area contributed by atoms with E-state index in [9.17, 15) is 0 Å². The number of hydrogen-bond donors (Lipinski definition) is 1. The van der Waals surface area contributed by atoms with E-state index in [-0.39, 0.29) is 6.04 Å². The first-order chi connectivity index (χ1) is 6.24. The van der Waals surface area contributed by atoms with Crippen molar-refractivity contribution in [3.05, 3.63) is 0 Å². The van der Waals surface area contributed by atoms with Crippen LogP contribution in [0.3, 0.4) is 0 Å². The third-order valence-electron chi connectivity index (χ3n) is 2.83. The van der Waals surface area contributed by atoms with E-state index in [0.717, 1.165) is 0 Å². The van der Waals surface area contributed by atoms with Crippen LogP contribution in [0.5, 0.6) is 0 Å². The molecule has 0 aromatic carbocycles. The molecule has 13 heavy (non-hydrogen) atoms. The van der Waals surface area contributed by atoms with E-state index in [0.29, 0.717) is 12.0 Å². The van der Waals surface area contributed by atoms with Crippen LogP contribution < -0.4 is 5.32 Å². The Bertz CT molecular complexity index is 175. The predicted octanol–water partition coefficient (Wildman–Crippen LogP) is 2.46. The van der Waals surface area contributed by atoms with Gasteiger partial charge >= 0.3 is 0 Å². The van der Waals surface area contributed by atoms with Crippen LogP contribution in [0.1, 0.15) is 46.0 Å². The zero-order valence-electron chi connectivity index (χ0n) is 8.71. The Morgan fingerprint density at radius 2 is 1.85 bits per heavy atom. The van der Waals surface area contributed by atoms with E-state index >= 15 is 0 Å². The molecule has 1 aliphatic carbocycles. The fraction of sp³-hybridized carbons (Fsp3) is 0.909. The summed E-state index contributed by atoms with van der Waals surface area (Å²) in [6.45, 7) is 4.20. The third-order valence-corrected chi connectivity index (χ3v) is 2.83. The van der Waals surface area contributed by atoms with Crippen LogP contribution in [0, 0.1) is 17.2 Å². The Hall–Kier alpha value is -0.550. The highest BCUT2D eigenvalue weighted by Crippen LogP contribution is 2.18. The van der Waals surface area contributed by atoms with Gasteiger partial charge < -0.3 is 0 Å².